The smallest absolute Gasteiger partial charge is 0.251 e. The van der Waals surface area contributed by atoms with Gasteiger partial charge in [-0.05, 0) is 66.9 Å². The molecule has 4 rings (SSSR count). The summed E-state index contributed by atoms with van der Waals surface area (Å²) in [7, 11) is 1.55. The van der Waals surface area contributed by atoms with Crippen LogP contribution in [0.5, 0.6) is 5.75 Å². The Balaban J connectivity index is 1.62. The number of hydrogen-bond donors (Lipinski definition) is 2. The van der Waals surface area contributed by atoms with E-state index in [9.17, 15) is 14.3 Å². The number of amides is 1. The molecule has 0 unspecified atom stereocenters. The second-order valence-corrected chi connectivity index (χ2v) is 13.6. The third-order valence-corrected chi connectivity index (χ3v) is 9.71. The van der Waals surface area contributed by atoms with Crippen LogP contribution in [0.2, 0.25) is 10.0 Å². The minimum absolute atomic E-state index is 0.0673. The number of hydrogen-bond acceptors (Lipinski definition) is 5. The number of aromatic nitrogens is 2. The maximum atomic E-state index is 15.5. The molecule has 0 saturated carbocycles. The lowest BCUT2D eigenvalue weighted by atomic mass is 9.81. The van der Waals surface area contributed by atoms with Crippen molar-refractivity contribution in [3.05, 3.63) is 105 Å². The average molecular weight is 691 g/mol. The molecule has 3 aromatic carbocycles. The number of benzene rings is 3. The molecule has 0 saturated heterocycles. The van der Waals surface area contributed by atoms with Gasteiger partial charge in [0, 0.05) is 39.5 Å². The zero-order chi connectivity index (χ0) is 33.6. The van der Waals surface area contributed by atoms with Gasteiger partial charge in [0.15, 0.2) is 5.16 Å². The van der Waals surface area contributed by atoms with Gasteiger partial charge in [0.2, 0.25) is 0 Å². The minimum Gasteiger partial charge on any atom is -0.495 e. The van der Waals surface area contributed by atoms with Crippen LogP contribution in [0.1, 0.15) is 80.6 Å². The fourth-order valence-electron chi connectivity index (χ4n) is 5.50. The first kappa shape index (κ1) is 35.7. The Kier molecular flexibility index (Phi) is 11.8. The monoisotopic (exact) mass is 689 g/mol. The number of halogens is 4. The fraction of sp³-hybridized carbons (Fsp3) is 0.371. The number of aliphatic hydroxyl groups is 1. The Hall–Kier alpha value is -3.11. The van der Waals surface area contributed by atoms with E-state index in [2.05, 4.69) is 10.3 Å². The highest BCUT2D eigenvalue weighted by molar-refractivity contribution is 7.98. The molecular weight excluding hydrogens is 651 g/mol. The van der Waals surface area contributed by atoms with Crippen molar-refractivity contribution < 1.29 is 23.4 Å². The molecule has 1 heterocycles. The van der Waals surface area contributed by atoms with E-state index in [-0.39, 0.29) is 34.3 Å². The van der Waals surface area contributed by atoms with Crippen molar-refractivity contribution in [1.29, 1.82) is 0 Å². The van der Waals surface area contributed by atoms with Gasteiger partial charge in [0.25, 0.3) is 5.91 Å². The Labute approximate surface area is 283 Å². The van der Waals surface area contributed by atoms with Gasteiger partial charge in [0.1, 0.15) is 17.4 Å². The molecule has 0 spiro atoms. The van der Waals surface area contributed by atoms with Gasteiger partial charge in [-0.1, -0.05) is 81.6 Å². The van der Waals surface area contributed by atoms with Gasteiger partial charge in [-0.2, -0.15) is 0 Å². The van der Waals surface area contributed by atoms with E-state index in [0.29, 0.717) is 34.5 Å². The van der Waals surface area contributed by atoms with Gasteiger partial charge < -0.3 is 15.2 Å². The molecule has 46 heavy (non-hydrogen) atoms. The number of carbonyl (C=O) groups is 1. The van der Waals surface area contributed by atoms with E-state index < -0.39 is 22.7 Å². The number of nitrogens with one attached hydrogen (secondary N) is 1. The molecular formula is C35H39Cl2F2N3O3S. The fourth-order valence-corrected chi connectivity index (χ4v) is 7.08. The maximum absolute atomic E-state index is 15.5. The van der Waals surface area contributed by atoms with Crippen LogP contribution < -0.4 is 10.1 Å². The second-order valence-electron chi connectivity index (χ2n) is 11.8. The molecule has 0 aliphatic carbocycles. The van der Waals surface area contributed by atoms with Crippen molar-refractivity contribution in [1.82, 2.24) is 14.9 Å². The first-order valence-corrected chi connectivity index (χ1v) is 16.9. The van der Waals surface area contributed by atoms with Crippen LogP contribution in [-0.4, -0.2) is 39.8 Å². The summed E-state index contributed by atoms with van der Waals surface area (Å²) in [6.45, 7) is 8.08. The lowest BCUT2D eigenvalue weighted by Crippen LogP contribution is -2.42. The summed E-state index contributed by atoms with van der Waals surface area (Å²) in [6, 6.07) is 14.2. The zero-order valence-electron chi connectivity index (χ0n) is 26.6. The highest BCUT2D eigenvalue weighted by Gasteiger charge is 2.31. The molecule has 11 heteroatoms. The molecule has 0 aliphatic heterocycles. The molecule has 2 N–H and O–H groups in total. The van der Waals surface area contributed by atoms with Gasteiger partial charge >= 0.3 is 0 Å². The van der Waals surface area contributed by atoms with Crippen LogP contribution in [0, 0.1) is 11.6 Å². The number of ether oxygens (including phenoxy) is 1. The molecule has 0 aliphatic rings. The molecule has 6 nitrogen and oxygen atoms in total. The molecule has 0 atom stereocenters. The standard InChI is InChI=1S/C35H39Cl2F2N3O3S/c1-6-14-35(44,15-7-2)21-41-32(43)22-16-28(37)26(29(39)17-22)20-46-33-40-19-31(42(33)25-11-9-24(38)10-12-25)34(3,4)23-8-13-27(36)30(18-23)45-5/h8-13,16-19,44H,6-7,14-15,20-21H2,1-5H3,(H,41,43). The summed E-state index contributed by atoms with van der Waals surface area (Å²) in [6.07, 6.45) is 4.39. The van der Waals surface area contributed by atoms with Crippen LogP contribution >= 0.6 is 35.0 Å². The van der Waals surface area contributed by atoms with E-state index in [4.69, 9.17) is 27.9 Å². The van der Waals surface area contributed by atoms with Crippen LogP contribution in [0.3, 0.4) is 0 Å². The molecule has 1 aromatic heterocycles. The summed E-state index contributed by atoms with van der Waals surface area (Å²) < 4.78 is 36.7. The van der Waals surface area contributed by atoms with E-state index >= 15 is 4.39 Å². The number of carbonyl (C=O) groups excluding carboxylic acids is 1. The summed E-state index contributed by atoms with van der Waals surface area (Å²) in [5, 5.41) is 14.7. The molecule has 246 valence electrons. The molecule has 0 bridgehead atoms. The van der Waals surface area contributed by atoms with Crippen molar-refractivity contribution in [2.75, 3.05) is 13.7 Å². The number of imidazole rings is 1. The number of methoxy groups -OCH3 is 1. The van der Waals surface area contributed by atoms with E-state index in [1.165, 1.54) is 30.0 Å². The van der Waals surface area contributed by atoms with Gasteiger partial charge in [-0.3, -0.25) is 9.36 Å². The molecule has 0 fully saturated rings. The first-order chi connectivity index (χ1) is 21.8. The van der Waals surface area contributed by atoms with Gasteiger partial charge in [0.05, 0.1) is 29.6 Å². The largest absolute Gasteiger partial charge is 0.495 e. The summed E-state index contributed by atoms with van der Waals surface area (Å²) in [5.41, 5.74) is 1.06. The normalized spacial score (nSPS) is 12.0. The Morgan fingerprint density at radius 2 is 1.70 bits per heavy atom. The van der Waals surface area contributed by atoms with E-state index in [0.717, 1.165) is 30.2 Å². The minimum atomic E-state index is -1.02. The number of thioether (sulfide) groups is 1. The topological polar surface area (TPSA) is 76.4 Å². The van der Waals surface area contributed by atoms with Crippen LogP contribution in [0.25, 0.3) is 5.69 Å². The van der Waals surface area contributed by atoms with Crippen molar-refractivity contribution >= 4 is 40.9 Å². The lowest BCUT2D eigenvalue weighted by Gasteiger charge is -2.28. The highest BCUT2D eigenvalue weighted by atomic mass is 35.5. The van der Waals surface area contributed by atoms with Crippen molar-refractivity contribution in [3.8, 4) is 11.4 Å². The van der Waals surface area contributed by atoms with Crippen LogP contribution in [-0.2, 0) is 11.2 Å². The predicted molar refractivity (Wildman–Crippen MR) is 182 cm³/mol. The van der Waals surface area contributed by atoms with Crippen LogP contribution in [0.15, 0.2) is 66.0 Å². The SMILES string of the molecule is CCCC(O)(CCC)CNC(=O)c1cc(F)c(CSc2ncc(C(C)(C)c3ccc(Cl)c(OC)c3)n2-c2ccc(F)cc2)c(Cl)c1. The summed E-state index contributed by atoms with van der Waals surface area (Å²) in [5.74, 6) is -0.861. The van der Waals surface area contributed by atoms with Crippen molar-refractivity contribution in [3.63, 3.8) is 0 Å². The predicted octanol–water partition coefficient (Wildman–Crippen LogP) is 9.15. The summed E-state index contributed by atoms with van der Waals surface area (Å²) >= 11 is 14.1. The molecule has 1 amide bonds. The molecule has 0 radical (unpaired) electrons. The first-order valence-electron chi connectivity index (χ1n) is 15.1. The highest BCUT2D eigenvalue weighted by Crippen LogP contribution is 2.40. The number of rotatable bonds is 14. The average Bonchev–Trinajstić information content (AvgIpc) is 3.45. The maximum Gasteiger partial charge on any atom is 0.251 e. The van der Waals surface area contributed by atoms with Crippen molar-refractivity contribution in [2.24, 2.45) is 0 Å². The van der Waals surface area contributed by atoms with Crippen molar-refractivity contribution in [2.45, 2.75) is 75.3 Å². The lowest BCUT2D eigenvalue weighted by molar-refractivity contribution is 0.0213. The van der Waals surface area contributed by atoms with Gasteiger partial charge in [-0.15, -0.1) is 0 Å². The van der Waals surface area contributed by atoms with Crippen LogP contribution in [0.4, 0.5) is 8.78 Å². The Morgan fingerprint density at radius 1 is 1.02 bits per heavy atom. The van der Waals surface area contributed by atoms with E-state index in [1.807, 2.05) is 44.4 Å². The third kappa shape index (κ3) is 8.05. The summed E-state index contributed by atoms with van der Waals surface area (Å²) in [4.78, 5) is 17.6. The number of nitrogens with zero attached hydrogens (tertiary/aromatic N) is 2. The zero-order valence-corrected chi connectivity index (χ0v) is 28.9. The van der Waals surface area contributed by atoms with Gasteiger partial charge in [-0.25, -0.2) is 13.8 Å². The Morgan fingerprint density at radius 3 is 2.30 bits per heavy atom. The third-order valence-electron chi connectivity index (χ3n) is 8.08. The van der Waals surface area contributed by atoms with E-state index in [1.54, 1.807) is 31.5 Å². The second kappa shape index (κ2) is 15.2. The Bertz CT molecular complexity index is 1650. The molecule has 4 aromatic rings. The quantitative estimate of drug-likeness (QED) is 0.129.